The molecule has 0 saturated carbocycles. The van der Waals surface area contributed by atoms with Crippen molar-refractivity contribution in [1.29, 1.82) is 5.41 Å². The highest BCUT2D eigenvalue weighted by Gasteiger charge is 2.09. The van der Waals surface area contributed by atoms with E-state index in [1.807, 2.05) is 20.8 Å². The summed E-state index contributed by atoms with van der Waals surface area (Å²) in [5.74, 6) is 0.588. The second kappa shape index (κ2) is 6.07. The Morgan fingerprint density at radius 2 is 2.00 bits per heavy atom. The minimum absolute atomic E-state index is 0.0531. The lowest BCUT2D eigenvalue weighted by Gasteiger charge is -2.19. The first-order valence-electron chi connectivity index (χ1n) is 5.70. The van der Waals surface area contributed by atoms with Gasteiger partial charge in [-0.2, -0.15) is 0 Å². The zero-order valence-corrected chi connectivity index (χ0v) is 11.7. The van der Waals surface area contributed by atoms with Gasteiger partial charge in [-0.3, -0.25) is 5.41 Å². The molecule has 100 valence electrons. The highest BCUT2D eigenvalue weighted by atomic mass is 35.5. The van der Waals surface area contributed by atoms with Gasteiger partial charge in [0.25, 0.3) is 0 Å². The summed E-state index contributed by atoms with van der Waals surface area (Å²) in [7, 11) is 0. The summed E-state index contributed by atoms with van der Waals surface area (Å²) in [6, 6.07) is 5.06. The quantitative estimate of drug-likeness (QED) is 0.491. The molecule has 0 radical (unpaired) electrons. The molecule has 0 aromatic heterocycles. The summed E-state index contributed by atoms with van der Waals surface area (Å²) in [5, 5.41) is 7.73. The van der Waals surface area contributed by atoms with E-state index < -0.39 is 0 Å². The highest BCUT2D eigenvalue weighted by molar-refractivity contribution is 6.34. The van der Waals surface area contributed by atoms with Crippen LogP contribution in [0.25, 0.3) is 0 Å². The molecular formula is C13H19ClN2O2. The standard InChI is InChI=1S/C13H19ClN2O2/c1-13(2,3)18-7-6-17-9-4-5-10(12(15)16)11(14)8-9/h4-5,8H,6-7H2,1-3H3,(H3,15,16). The maximum atomic E-state index is 7.32. The van der Waals surface area contributed by atoms with Gasteiger partial charge in [0.05, 0.1) is 17.2 Å². The number of hydrogen-bond donors (Lipinski definition) is 2. The number of hydrogen-bond acceptors (Lipinski definition) is 3. The summed E-state index contributed by atoms with van der Waals surface area (Å²) < 4.78 is 11.0. The van der Waals surface area contributed by atoms with E-state index in [4.69, 9.17) is 32.2 Å². The number of nitrogens with one attached hydrogen (secondary N) is 1. The Bertz CT molecular complexity index is 427. The molecule has 0 amide bonds. The summed E-state index contributed by atoms with van der Waals surface area (Å²) in [6.45, 7) is 6.94. The Balaban J connectivity index is 2.49. The zero-order chi connectivity index (χ0) is 13.8. The van der Waals surface area contributed by atoms with Crippen molar-refractivity contribution in [3.8, 4) is 5.75 Å². The van der Waals surface area contributed by atoms with Gasteiger partial charge in [-0.25, -0.2) is 0 Å². The van der Waals surface area contributed by atoms with Crippen LogP contribution in [0.3, 0.4) is 0 Å². The van der Waals surface area contributed by atoms with Crippen molar-refractivity contribution in [1.82, 2.24) is 0 Å². The third-order valence-electron chi connectivity index (χ3n) is 2.12. The summed E-state index contributed by atoms with van der Waals surface area (Å²) >= 11 is 5.98. The van der Waals surface area contributed by atoms with Crippen molar-refractivity contribution in [2.24, 2.45) is 5.73 Å². The number of halogens is 1. The maximum absolute atomic E-state index is 7.32. The van der Waals surface area contributed by atoms with Crippen LogP contribution >= 0.6 is 11.6 Å². The number of nitrogens with two attached hydrogens (primary N) is 1. The van der Waals surface area contributed by atoms with Crippen LogP contribution in [0.15, 0.2) is 18.2 Å². The van der Waals surface area contributed by atoms with E-state index in [0.29, 0.717) is 29.5 Å². The number of amidine groups is 1. The van der Waals surface area contributed by atoms with Gasteiger partial charge in [-0.05, 0) is 39.0 Å². The Labute approximate surface area is 113 Å². The molecule has 1 rings (SSSR count). The lowest BCUT2D eigenvalue weighted by Crippen LogP contribution is -2.22. The van der Waals surface area contributed by atoms with Crippen molar-refractivity contribution in [3.05, 3.63) is 28.8 Å². The van der Waals surface area contributed by atoms with Crippen LogP contribution < -0.4 is 10.5 Å². The SMILES string of the molecule is CC(C)(C)OCCOc1ccc(C(=N)N)c(Cl)c1. The third kappa shape index (κ3) is 4.94. The average molecular weight is 271 g/mol. The number of rotatable bonds is 5. The molecule has 1 aromatic rings. The fourth-order valence-corrected chi connectivity index (χ4v) is 1.58. The molecule has 5 heteroatoms. The minimum Gasteiger partial charge on any atom is -0.491 e. The molecule has 0 aliphatic rings. The van der Waals surface area contributed by atoms with Gasteiger partial charge < -0.3 is 15.2 Å². The average Bonchev–Trinajstić information content (AvgIpc) is 2.22. The Morgan fingerprint density at radius 1 is 1.33 bits per heavy atom. The van der Waals surface area contributed by atoms with E-state index in [1.165, 1.54) is 0 Å². The first-order chi connectivity index (χ1) is 8.29. The first kappa shape index (κ1) is 14.8. The van der Waals surface area contributed by atoms with E-state index >= 15 is 0 Å². The maximum Gasteiger partial charge on any atom is 0.124 e. The molecule has 0 unspecified atom stereocenters. The minimum atomic E-state index is -0.167. The fourth-order valence-electron chi connectivity index (χ4n) is 1.31. The van der Waals surface area contributed by atoms with Crippen molar-refractivity contribution in [3.63, 3.8) is 0 Å². The lowest BCUT2D eigenvalue weighted by atomic mass is 10.2. The molecule has 0 saturated heterocycles. The molecule has 0 aliphatic heterocycles. The lowest BCUT2D eigenvalue weighted by molar-refractivity contribution is -0.0163. The molecule has 0 bridgehead atoms. The van der Waals surface area contributed by atoms with E-state index in [2.05, 4.69) is 0 Å². The molecule has 0 atom stereocenters. The van der Waals surface area contributed by atoms with Crippen LogP contribution in [-0.4, -0.2) is 24.7 Å². The topological polar surface area (TPSA) is 68.3 Å². The van der Waals surface area contributed by atoms with Crippen LogP contribution in [0.1, 0.15) is 26.3 Å². The van der Waals surface area contributed by atoms with Crippen LogP contribution in [0.4, 0.5) is 0 Å². The Morgan fingerprint density at radius 3 is 2.50 bits per heavy atom. The van der Waals surface area contributed by atoms with Crippen LogP contribution in [0.5, 0.6) is 5.75 Å². The van der Waals surface area contributed by atoms with Crippen molar-refractivity contribution < 1.29 is 9.47 Å². The second-order valence-corrected chi connectivity index (χ2v) is 5.27. The molecule has 0 spiro atoms. The Hall–Kier alpha value is -1.26. The van der Waals surface area contributed by atoms with Crippen LogP contribution in [-0.2, 0) is 4.74 Å². The van der Waals surface area contributed by atoms with Crippen LogP contribution in [0.2, 0.25) is 5.02 Å². The van der Waals surface area contributed by atoms with Gasteiger partial charge in [0.15, 0.2) is 0 Å². The monoisotopic (exact) mass is 270 g/mol. The molecular weight excluding hydrogens is 252 g/mol. The van der Waals surface area contributed by atoms with Gasteiger partial charge in [-0.15, -0.1) is 0 Å². The molecule has 4 nitrogen and oxygen atoms in total. The van der Waals surface area contributed by atoms with Gasteiger partial charge in [0, 0.05) is 5.56 Å². The number of benzene rings is 1. The predicted molar refractivity (Wildman–Crippen MR) is 73.7 cm³/mol. The first-order valence-corrected chi connectivity index (χ1v) is 6.08. The summed E-state index contributed by atoms with van der Waals surface area (Å²) in [4.78, 5) is 0. The third-order valence-corrected chi connectivity index (χ3v) is 2.43. The number of nitrogen functional groups attached to an aromatic ring is 1. The molecule has 3 N–H and O–H groups in total. The van der Waals surface area contributed by atoms with E-state index in [1.54, 1.807) is 18.2 Å². The van der Waals surface area contributed by atoms with E-state index in [9.17, 15) is 0 Å². The molecule has 0 fully saturated rings. The number of ether oxygens (including phenoxy) is 2. The fraction of sp³-hybridized carbons (Fsp3) is 0.462. The van der Waals surface area contributed by atoms with Crippen LogP contribution in [0, 0.1) is 5.41 Å². The largest absolute Gasteiger partial charge is 0.491 e. The van der Waals surface area contributed by atoms with Gasteiger partial charge >= 0.3 is 0 Å². The Kier molecular flexibility index (Phi) is 4.99. The summed E-state index contributed by atoms with van der Waals surface area (Å²) in [5.41, 5.74) is 5.71. The zero-order valence-electron chi connectivity index (χ0n) is 10.9. The molecule has 18 heavy (non-hydrogen) atoms. The van der Waals surface area contributed by atoms with Crippen molar-refractivity contribution in [2.75, 3.05) is 13.2 Å². The molecule has 1 aromatic carbocycles. The van der Waals surface area contributed by atoms with Crippen molar-refractivity contribution >= 4 is 17.4 Å². The van der Waals surface area contributed by atoms with E-state index in [-0.39, 0.29) is 11.4 Å². The second-order valence-electron chi connectivity index (χ2n) is 4.86. The predicted octanol–water partition coefficient (Wildman–Crippen LogP) is 2.82. The van der Waals surface area contributed by atoms with Crippen molar-refractivity contribution in [2.45, 2.75) is 26.4 Å². The normalized spacial score (nSPS) is 11.3. The highest BCUT2D eigenvalue weighted by Crippen LogP contribution is 2.22. The smallest absolute Gasteiger partial charge is 0.124 e. The summed E-state index contributed by atoms with van der Waals surface area (Å²) in [6.07, 6.45) is 0. The van der Waals surface area contributed by atoms with Gasteiger partial charge in [0.1, 0.15) is 18.2 Å². The van der Waals surface area contributed by atoms with Gasteiger partial charge in [-0.1, -0.05) is 11.6 Å². The van der Waals surface area contributed by atoms with E-state index in [0.717, 1.165) is 0 Å². The molecule has 0 heterocycles. The molecule has 0 aliphatic carbocycles. The van der Waals surface area contributed by atoms with Gasteiger partial charge in [0.2, 0.25) is 0 Å².